The van der Waals surface area contributed by atoms with E-state index < -0.39 is 7.60 Å². The highest BCUT2D eigenvalue weighted by molar-refractivity contribution is 7.53. The molecule has 0 saturated heterocycles. The molecule has 0 amide bonds. The monoisotopic (exact) mass is 462 g/mol. The fourth-order valence-corrected chi connectivity index (χ4v) is 5.08. The van der Waals surface area contributed by atoms with Gasteiger partial charge >= 0.3 is 7.60 Å². The third kappa shape index (κ3) is 6.64. The average molecular weight is 463 g/mol. The molecule has 1 unspecified atom stereocenters. The third-order valence-corrected chi connectivity index (χ3v) is 7.08. The van der Waals surface area contributed by atoms with Crippen LogP contribution in [0.3, 0.4) is 0 Å². The summed E-state index contributed by atoms with van der Waals surface area (Å²) in [5, 5.41) is 14.5. The summed E-state index contributed by atoms with van der Waals surface area (Å²) in [6.45, 7) is 16.7. The van der Waals surface area contributed by atoms with Gasteiger partial charge in [0.05, 0.1) is 31.2 Å². The van der Waals surface area contributed by atoms with Crippen molar-refractivity contribution < 1.29 is 18.7 Å². The van der Waals surface area contributed by atoms with Gasteiger partial charge in [-0.15, -0.1) is 0 Å². The predicted molar refractivity (Wildman–Crippen MR) is 130 cm³/mol. The minimum absolute atomic E-state index is 0.0481. The number of aromatic hydroxyl groups is 1. The lowest BCUT2D eigenvalue weighted by Crippen LogP contribution is -2.27. The van der Waals surface area contributed by atoms with Gasteiger partial charge in [-0.1, -0.05) is 47.6 Å². The van der Waals surface area contributed by atoms with Gasteiger partial charge < -0.3 is 14.2 Å². The minimum atomic E-state index is -3.30. The van der Waals surface area contributed by atoms with Gasteiger partial charge in [-0.3, -0.25) is 14.9 Å². The molecule has 0 aliphatic carbocycles. The van der Waals surface area contributed by atoms with Crippen LogP contribution < -0.4 is 5.32 Å². The Morgan fingerprint density at radius 1 is 1.00 bits per heavy atom. The first-order valence-corrected chi connectivity index (χ1v) is 13.0. The lowest BCUT2D eigenvalue weighted by Gasteiger charge is -2.30. The van der Waals surface area contributed by atoms with Gasteiger partial charge in [0, 0.05) is 6.20 Å². The summed E-state index contributed by atoms with van der Waals surface area (Å²) >= 11 is 0. The quantitative estimate of drug-likeness (QED) is 0.427. The molecule has 0 bridgehead atoms. The maximum atomic E-state index is 13.1. The van der Waals surface area contributed by atoms with Crippen molar-refractivity contribution in [2.24, 2.45) is 0 Å². The Labute approximate surface area is 193 Å². The number of rotatable bonds is 9. The van der Waals surface area contributed by atoms with E-state index in [1.165, 1.54) is 0 Å². The number of phenolic OH excluding ortho intramolecular Hbond substituents is 1. The lowest BCUT2D eigenvalue weighted by atomic mass is 9.77. The van der Waals surface area contributed by atoms with E-state index in [2.05, 4.69) is 51.8 Å². The van der Waals surface area contributed by atoms with E-state index in [0.29, 0.717) is 19.0 Å². The first-order valence-electron chi connectivity index (χ1n) is 11.2. The van der Waals surface area contributed by atoms with Gasteiger partial charge in [-0.25, -0.2) is 0 Å². The summed E-state index contributed by atoms with van der Waals surface area (Å²) < 4.78 is 24.1. The highest BCUT2D eigenvalue weighted by Gasteiger charge is 2.31. The molecule has 0 spiro atoms. The summed E-state index contributed by atoms with van der Waals surface area (Å²) in [5.74, 6) is 0.322. The van der Waals surface area contributed by atoms with Crippen LogP contribution in [0.25, 0.3) is 0 Å². The van der Waals surface area contributed by atoms with Crippen LogP contribution in [0, 0.1) is 0 Å². The predicted octanol–water partition coefficient (Wildman–Crippen LogP) is 6.28. The van der Waals surface area contributed by atoms with Gasteiger partial charge in [-0.05, 0) is 65.6 Å². The first kappa shape index (κ1) is 26.5. The Kier molecular flexibility index (Phi) is 8.69. The summed E-state index contributed by atoms with van der Waals surface area (Å²) in [6.07, 6.45) is 1.79. The highest BCUT2D eigenvalue weighted by Crippen LogP contribution is 2.48. The van der Waals surface area contributed by atoms with Crippen molar-refractivity contribution in [3.8, 4) is 5.75 Å². The fraction of sp³-hybridized carbons (Fsp3) is 0.560. The van der Waals surface area contributed by atoms with Crippen molar-refractivity contribution in [1.29, 1.82) is 0 Å². The Bertz CT molecular complexity index is 888. The smallest absolute Gasteiger partial charge is 0.344 e. The summed E-state index contributed by atoms with van der Waals surface area (Å²) in [6, 6.07) is 9.41. The zero-order chi connectivity index (χ0) is 24.2. The van der Waals surface area contributed by atoms with Gasteiger partial charge in [0.15, 0.2) is 0 Å². The summed E-state index contributed by atoms with van der Waals surface area (Å²) in [5.41, 5.74) is 2.93. The van der Waals surface area contributed by atoms with Crippen LogP contribution in [0.2, 0.25) is 0 Å². The molecular formula is C25H39N2O4P. The Morgan fingerprint density at radius 2 is 1.53 bits per heavy atom. The molecule has 32 heavy (non-hydrogen) atoms. The molecule has 0 aliphatic heterocycles. The van der Waals surface area contributed by atoms with Crippen LogP contribution in [0.4, 0.5) is 0 Å². The van der Waals surface area contributed by atoms with E-state index in [9.17, 15) is 9.67 Å². The van der Waals surface area contributed by atoms with E-state index >= 15 is 0 Å². The molecule has 178 valence electrons. The Balaban J connectivity index is 2.63. The highest BCUT2D eigenvalue weighted by atomic mass is 31.2. The van der Waals surface area contributed by atoms with Gasteiger partial charge in [0.25, 0.3) is 0 Å². The second-order valence-corrected chi connectivity index (χ2v) is 12.0. The Hall–Kier alpha value is -1.72. The van der Waals surface area contributed by atoms with Crippen LogP contribution in [-0.2, 0) is 24.4 Å². The number of pyridine rings is 1. The lowest BCUT2D eigenvalue weighted by molar-refractivity contribution is 0.217. The van der Waals surface area contributed by atoms with Crippen LogP contribution in [0.1, 0.15) is 83.8 Å². The normalized spacial score (nSPS) is 13.9. The molecule has 0 saturated carbocycles. The summed E-state index contributed by atoms with van der Waals surface area (Å²) in [7, 11) is -3.30. The molecule has 2 rings (SSSR count). The number of nitrogens with one attached hydrogen (secondary N) is 1. The number of hydrogen-bond acceptors (Lipinski definition) is 6. The van der Waals surface area contributed by atoms with Crippen molar-refractivity contribution in [2.75, 3.05) is 19.5 Å². The summed E-state index contributed by atoms with van der Waals surface area (Å²) in [4.78, 5) is 4.56. The van der Waals surface area contributed by atoms with Gasteiger partial charge in [0.1, 0.15) is 5.75 Å². The van der Waals surface area contributed by atoms with Crippen molar-refractivity contribution in [3.63, 3.8) is 0 Å². The molecule has 7 heteroatoms. The van der Waals surface area contributed by atoms with E-state index in [-0.39, 0.29) is 23.2 Å². The molecule has 1 atom stereocenters. The Morgan fingerprint density at radius 3 is 1.94 bits per heavy atom. The molecule has 1 heterocycles. The molecule has 0 fully saturated rings. The van der Waals surface area contributed by atoms with Crippen molar-refractivity contribution in [1.82, 2.24) is 10.3 Å². The van der Waals surface area contributed by atoms with Crippen LogP contribution in [0.15, 0.2) is 36.5 Å². The second kappa shape index (κ2) is 10.5. The van der Waals surface area contributed by atoms with E-state index in [4.69, 9.17) is 9.05 Å². The number of benzene rings is 1. The van der Waals surface area contributed by atoms with Crippen molar-refractivity contribution in [3.05, 3.63) is 58.9 Å². The topological polar surface area (TPSA) is 80.7 Å². The molecule has 0 aliphatic rings. The number of hydrogen-bond donors (Lipinski definition) is 2. The number of aromatic nitrogens is 1. The largest absolute Gasteiger partial charge is 0.507 e. The van der Waals surface area contributed by atoms with Crippen LogP contribution >= 0.6 is 7.60 Å². The SMILES string of the molecule is CCOP(=O)(CNC(c1cc(C(C)(C)C)c(O)c(C(C)(C)C)c1)c1ccccn1)OCC. The van der Waals surface area contributed by atoms with E-state index in [1.54, 1.807) is 20.0 Å². The average Bonchev–Trinajstić information content (AvgIpc) is 2.68. The van der Waals surface area contributed by atoms with Gasteiger partial charge in [0.2, 0.25) is 0 Å². The maximum absolute atomic E-state index is 13.1. The van der Waals surface area contributed by atoms with E-state index in [0.717, 1.165) is 22.4 Å². The zero-order valence-corrected chi connectivity index (χ0v) is 21.6. The van der Waals surface area contributed by atoms with Crippen LogP contribution in [0.5, 0.6) is 5.75 Å². The molecule has 1 aromatic heterocycles. The number of phenols is 1. The van der Waals surface area contributed by atoms with Crippen LogP contribution in [-0.4, -0.2) is 29.6 Å². The third-order valence-electron chi connectivity index (χ3n) is 5.21. The van der Waals surface area contributed by atoms with Crippen molar-refractivity contribution >= 4 is 7.60 Å². The number of nitrogens with zero attached hydrogens (tertiary/aromatic N) is 1. The fourth-order valence-electron chi connectivity index (χ4n) is 3.63. The minimum Gasteiger partial charge on any atom is -0.507 e. The molecule has 2 aromatic rings. The van der Waals surface area contributed by atoms with E-state index in [1.807, 2.05) is 30.3 Å². The standard InChI is InChI=1S/C25H39N2O4P/c1-9-30-32(29,31-10-2)17-27-22(21-13-11-12-14-26-21)18-15-19(24(3,4)5)23(28)20(16-18)25(6,7)8/h11-16,22,27-28H,9-10,17H2,1-8H3. The molecule has 2 N–H and O–H groups in total. The molecule has 0 radical (unpaired) electrons. The first-order chi connectivity index (χ1) is 14.8. The van der Waals surface area contributed by atoms with Gasteiger partial charge in [-0.2, -0.15) is 0 Å². The maximum Gasteiger partial charge on any atom is 0.344 e. The molecule has 6 nitrogen and oxygen atoms in total. The molecular weight excluding hydrogens is 423 g/mol. The van der Waals surface area contributed by atoms with Crippen molar-refractivity contribution in [2.45, 2.75) is 72.3 Å². The second-order valence-electron chi connectivity index (χ2n) is 9.96. The molecule has 1 aromatic carbocycles. The zero-order valence-electron chi connectivity index (χ0n) is 20.7.